The average Bonchev–Trinajstić information content (AvgIpc) is 2.27. The summed E-state index contributed by atoms with van der Waals surface area (Å²) in [7, 11) is 0. The van der Waals surface area contributed by atoms with Crippen LogP contribution in [0.4, 0.5) is 0 Å². The molecular weight excluding hydrogens is 128 g/mol. The summed E-state index contributed by atoms with van der Waals surface area (Å²) in [5.74, 6) is 0. The van der Waals surface area contributed by atoms with Crippen LogP contribution in [0.25, 0.3) is 0 Å². The normalized spacial score (nSPS) is 16.8. The van der Waals surface area contributed by atoms with Crippen molar-refractivity contribution in [1.29, 1.82) is 0 Å². The van der Waals surface area contributed by atoms with Crippen LogP contribution in [0.3, 0.4) is 0 Å². The summed E-state index contributed by atoms with van der Waals surface area (Å²) in [6.07, 6.45) is 3.36. The summed E-state index contributed by atoms with van der Waals surface area (Å²) in [4.78, 5) is 10.7. The van der Waals surface area contributed by atoms with Gasteiger partial charge < -0.3 is 0 Å². The quantitative estimate of drug-likeness (QED) is 0.549. The van der Waals surface area contributed by atoms with E-state index >= 15 is 0 Å². The molecule has 10 heavy (non-hydrogen) atoms. The first kappa shape index (κ1) is 5.77. The van der Waals surface area contributed by atoms with E-state index in [9.17, 15) is 4.79 Å². The first-order valence-electron chi connectivity index (χ1n) is 3.57. The molecule has 1 aromatic heterocycles. The van der Waals surface area contributed by atoms with Gasteiger partial charge in [-0.1, -0.05) is 0 Å². The van der Waals surface area contributed by atoms with Gasteiger partial charge in [-0.25, -0.2) is 0 Å². The summed E-state index contributed by atoms with van der Waals surface area (Å²) < 4.78 is 1.89. The van der Waals surface area contributed by atoms with Crippen molar-refractivity contribution in [2.24, 2.45) is 0 Å². The molecule has 2 rings (SSSR count). The number of aromatic nitrogens is 2. The summed E-state index contributed by atoms with van der Waals surface area (Å²) in [6.45, 7) is 0.952. The number of hydrogen-bond donors (Lipinski definition) is 1. The highest BCUT2D eigenvalue weighted by molar-refractivity contribution is 5.00. The predicted octanol–water partition coefficient (Wildman–Crippen LogP) is 0.313. The second-order valence-electron chi connectivity index (χ2n) is 2.62. The van der Waals surface area contributed by atoms with Crippen molar-refractivity contribution in [2.75, 3.05) is 0 Å². The van der Waals surface area contributed by atoms with E-state index in [0.717, 1.165) is 18.7 Å². The van der Waals surface area contributed by atoms with Gasteiger partial charge >= 0.3 is 0 Å². The van der Waals surface area contributed by atoms with E-state index in [0.29, 0.717) is 0 Å². The number of nitrogens with one attached hydrogen (secondary N) is 1. The van der Waals surface area contributed by atoms with Crippen molar-refractivity contribution in [2.45, 2.75) is 25.8 Å². The molecule has 0 unspecified atom stereocenters. The van der Waals surface area contributed by atoms with Crippen LogP contribution in [0.1, 0.15) is 18.5 Å². The molecule has 53 valence electrons. The Balaban J connectivity index is 2.50. The van der Waals surface area contributed by atoms with E-state index in [-0.39, 0.29) is 5.56 Å². The van der Waals surface area contributed by atoms with Crippen LogP contribution in [0.5, 0.6) is 0 Å². The third-order valence-corrected chi connectivity index (χ3v) is 1.87. The van der Waals surface area contributed by atoms with E-state index in [1.54, 1.807) is 0 Å². The summed E-state index contributed by atoms with van der Waals surface area (Å²) in [5.41, 5.74) is 0.952. The molecule has 0 bridgehead atoms. The predicted molar refractivity (Wildman–Crippen MR) is 36.8 cm³/mol. The van der Waals surface area contributed by atoms with Crippen LogP contribution in [0.2, 0.25) is 0 Å². The standard InChI is InChI=1S/C7H9N2O/c10-7-5-6-3-1-2-4-9(6)8-7/h1-4H2,(H,8,10). The molecule has 1 aromatic rings. The van der Waals surface area contributed by atoms with Gasteiger partial charge in [0.1, 0.15) is 0 Å². The van der Waals surface area contributed by atoms with Crippen LogP contribution in [-0.2, 0) is 13.0 Å². The lowest BCUT2D eigenvalue weighted by Gasteiger charge is -2.12. The smallest absolute Gasteiger partial charge is 0.272 e. The molecule has 0 aromatic carbocycles. The zero-order chi connectivity index (χ0) is 6.97. The second kappa shape index (κ2) is 2.01. The molecule has 0 fully saturated rings. The topological polar surface area (TPSA) is 37.8 Å². The lowest BCUT2D eigenvalue weighted by Crippen LogP contribution is -2.12. The van der Waals surface area contributed by atoms with Gasteiger partial charge in [-0.2, -0.15) is 0 Å². The van der Waals surface area contributed by atoms with E-state index in [1.807, 2.05) is 4.68 Å². The molecule has 3 nitrogen and oxygen atoms in total. The maximum Gasteiger partial charge on any atom is 0.272 e. The molecule has 1 N–H and O–H groups in total. The van der Waals surface area contributed by atoms with Crippen LogP contribution < -0.4 is 5.56 Å². The van der Waals surface area contributed by atoms with Gasteiger partial charge in [0.15, 0.2) is 0 Å². The Labute approximate surface area is 58.7 Å². The van der Waals surface area contributed by atoms with Crippen molar-refractivity contribution in [3.8, 4) is 0 Å². The molecule has 0 aliphatic carbocycles. The first-order chi connectivity index (χ1) is 4.86. The van der Waals surface area contributed by atoms with Crippen molar-refractivity contribution in [3.05, 3.63) is 22.1 Å². The highest BCUT2D eigenvalue weighted by Crippen LogP contribution is 2.09. The number of fused-ring (bicyclic) bond motifs is 1. The Morgan fingerprint density at radius 3 is 3.20 bits per heavy atom. The van der Waals surface area contributed by atoms with Crippen LogP contribution >= 0.6 is 0 Å². The number of nitrogens with zero attached hydrogens (tertiary/aromatic N) is 1. The van der Waals surface area contributed by atoms with Crippen molar-refractivity contribution >= 4 is 0 Å². The third kappa shape index (κ3) is 0.781. The van der Waals surface area contributed by atoms with Gasteiger partial charge in [0, 0.05) is 12.2 Å². The van der Waals surface area contributed by atoms with Crippen molar-refractivity contribution in [1.82, 2.24) is 9.78 Å². The molecule has 1 aliphatic rings. The Morgan fingerprint density at radius 1 is 1.50 bits per heavy atom. The number of hydrogen-bond acceptors (Lipinski definition) is 1. The average molecular weight is 137 g/mol. The molecule has 3 heteroatoms. The molecule has 1 radical (unpaired) electrons. The fraction of sp³-hybridized carbons (Fsp3) is 0.571. The maximum absolute atomic E-state index is 10.7. The van der Waals surface area contributed by atoms with Crippen LogP contribution in [-0.4, -0.2) is 9.78 Å². The lowest BCUT2D eigenvalue weighted by molar-refractivity contribution is 0.484. The Kier molecular flexibility index (Phi) is 1.16. The Morgan fingerprint density at radius 2 is 2.40 bits per heavy atom. The summed E-state index contributed by atoms with van der Waals surface area (Å²) in [5, 5.41) is 2.70. The van der Waals surface area contributed by atoms with Crippen molar-refractivity contribution in [3.63, 3.8) is 0 Å². The first-order valence-corrected chi connectivity index (χ1v) is 3.57. The summed E-state index contributed by atoms with van der Waals surface area (Å²) >= 11 is 0. The fourth-order valence-corrected chi connectivity index (χ4v) is 1.37. The van der Waals surface area contributed by atoms with E-state index < -0.39 is 0 Å². The lowest BCUT2D eigenvalue weighted by atomic mass is 10.1. The zero-order valence-corrected chi connectivity index (χ0v) is 5.68. The Bertz CT molecular complexity index is 258. The highest BCUT2D eigenvalue weighted by Gasteiger charge is 2.08. The molecule has 2 heterocycles. The van der Waals surface area contributed by atoms with Crippen molar-refractivity contribution < 1.29 is 0 Å². The summed E-state index contributed by atoms with van der Waals surface area (Å²) in [6, 6.07) is 2.75. The van der Waals surface area contributed by atoms with E-state index in [4.69, 9.17) is 0 Å². The number of aromatic amines is 1. The number of H-pyrrole nitrogens is 1. The van der Waals surface area contributed by atoms with Crippen LogP contribution in [0.15, 0.2) is 4.79 Å². The van der Waals surface area contributed by atoms with Gasteiger partial charge in [-0.15, -0.1) is 0 Å². The highest BCUT2D eigenvalue weighted by atomic mass is 16.1. The molecule has 0 spiro atoms. The van der Waals surface area contributed by atoms with Gasteiger partial charge in [0.05, 0.1) is 6.07 Å². The monoisotopic (exact) mass is 137 g/mol. The third-order valence-electron chi connectivity index (χ3n) is 1.87. The number of aryl methyl sites for hydroxylation is 2. The van der Waals surface area contributed by atoms with Gasteiger partial charge in [-0.05, 0) is 19.3 Å². The van der Waals surface area contributed by atoms with E-state index in [2.05, 4.69) is 11.2 Å². The molecule has 0 saturated heterocycles. The minimum absolute atomic E-state index is 0.0862. The minimum Gasteiger partial charge on any atom is -0.289 e. The molecule has 0 saturated carbocycles. The van der Waals surface area contributed by atoms with Gasteiger partial charge in [0.2, 0.25) is 0 Å². The molecule has 0 amide bonds. The number of rotatable bonds is 0. The minimum atomic E-state index is -0.0862. The SMILES string of the molecule is O=c1[c]c2n([nH]1)CCCC2. The van der Waals surface area contributed by atoms with Gasteiger partial charge in [-0.3, -0.25) is 14.6 Å². The largest absolute Gasteiger partial charge is 0.289 e. The van der Waals surface area contributed by atoms with Crippen LogP contribution in [0, 0.1) is 6.07 Å². The second-order valence-corrected chi connectivity index (χ2v) is 2.62. The van der Waals surface area contributed by atoms with Gasteiger partial charge in [0.25, 0.3) is 5.56 Å². The Hall–Kier alpha value is -0.990. The fourth-order valence-electron chi connectivity index (χ4n) is 1.37. The van der Waals surface area contributed by atoms with E-state index in [1.165, 1.54) is 12.8 Å². The molecular formula is C7H9N2O. The zero-order valence-electron chi connectivity index (χ0n) is 5.68. The molecule has 0 atom stereocenters. The maximum atomic E-state index is 10.7. The molecule has 1 aliphatic heterocycles.